The van der Waals surface area contributed by atoms with Gasteiger partial charge in [-0.1, -0.05) is 0 Å². The molecular formula is C11H17N3O4. The molecule has 1 saturated carbocycles. The van der Waals surface area contributed by atoms with Crippen LogP contribution in [0.15, 0.2) is 0 Å². The molecule has 0 aromatic heterocycles. The lowest BCUT2D eigenvalue weighted by Gasteiger charge is -2.21. The third kappa shape index (κ3) is 3.12. The first-order valence-electron chi connectivity index (χ1n) is 6.14. The van der Waals surface area contributed by atoms with Gasteiger partial charge in [0.1, 0.15) is 6.04 Å². The van der Waals surface area contributed by atoms with Crippen molar-refractivity contribution in [3.8, 4) is 0 Å². The number of nitrogens with one attached hydrogen (secondary N) is 2. The highest BCUT2D eigenvalue weighted by Gasteiger charge is 2.34. The molecule has 1 aliphatic carbocycles. The molecule has 0 spiro atoms. The topological polar surface area (TPSA) is 98.7 Å². The lowest BCUT2D eigenvalue weighted by atomic mass is 10.2. The fourth-order valence-electron chi connectivity index (χ4n) is 2.03. The van der Waals surface area contributed by atoms with Gasteiger partial charge in [-0.3, -0.25) is 4.79 Å². The second-order valence-corrected chi connectivity index (χ2v) is 4.69. The van der Waals surface area contributed by atoms with Crippen LogP contribution in [0, 0.1) is 0 Å². The molecule has 7 heteroatoms. The average molecular weight is 255 g/mol. The van der Waals surface area contributed by atoms with Gasteiger partial charge in [-0.2, -0.15) is 0 Å². The Morgan fingerprint density at radius 1 is 1.22 bits per heavy atom. The third-order valence-electron chi connectivity index (χ3n) is 3.14. The van der Waals surface area contributed by atoms with Gasteiger partial charge in [0.05, 0.1) is 6.54 Å². The average Bonchev–Trinajstić information content (AvgIpc) is 2.98. The molecule has 2 aliphatic rings. The van der Waals surface area contributed by atoms with E-state index in [4.69, 9.17) is 5.11 Å². The normalized spacial score (nSPS) is 22.7. The Hall–Kier alpha value is -1.79. The molecule has 3 amide bonds. The zero-order chi connectivity index (χ0) is 13.1. The van der Waals surface area contributed by atoms with Gasteiger partial charge in [0.15, 0.2) is 0 Å². The van der Waals surface area contributed by atoms with Gasteiger partial charge in [-0.05, 0) is 25.7 Å². The van der Waals surface area contributed by atoms with E-state index in [0.717, 1.165) is 12.8 Å². The van der Waals surface area contributed by atoms with Crippen molar-refractivity contribution in [1.29, 1.82) is 0 Å². The highest BCUT2D eigenvalue weighted by molar-refractivity contribution is 5.87. The Bertz CT molecular complexity index is 367. The summed E-state index contributed by atoms with van der Waals surface area (Å²) < 4.78 is 0. The first-order valence-corrected chi connectivity index (χ1v) is 6.14. The molecule has 1 aliphatic heterocycles. The van der Waals surface area contributed by atoms with Crippen molar-refractivity contribution in [2.24, 2.45) is 0 Å². The standard InChI is InChI=1S/C11H17N3O4/c15-9(13-7-3-4-7)6-12-11(18)14-5-1-2-8(14)10(16)17/h7-8H,1-6H2,(H,12,18)(H,13,15)(H,16,17). The number of carboxylic acids is 1. The lowest BCUT2D eigenvalue weighted by molar-refractivity contribution is -0.141. The molecule has 1 unspecified atom stereocenters. The Kier molecular flexibility index (Phi) is 3.69. The SMILES string of the molecule is O=C(CNC(=O)N1CCCC1C(=O)O)NC1CC1. The molecule has 1 atom stereocenters. The maximum atomic E-state index is 11.7. The van der Waals surface area contributed by atoms with Crippen molar-refractivity contribution in [1.82, 2.24) is 15.5 Å². The molecular weight excluding hydrogens is 238 g/mol. The van der Waals surface area contributed by atoms with Crippen LogP contribution in [-0.2, 0) is 9.59 Å². The maximum absolute atomic E-state index is 11.7. The number of hydrogen-bond acceptors (Lipinski definition) is 3. The number of hydrogen-bond donors (Lipinski definition) is 3. The summed E-state index contributed by atoms with van der Waals surface area (Å²) in [7, 11) is 0. The number of carbonyl (C=O) groups excluding carboxylic acids is 2. The van der Waals surface area contributed by atoms with Crippen LogP contribution >= 0.6 is 0 Å². The number of amides is 3. The van der Waals surface area contributed by atoms with Crippen molar-refractivity contribution in [2.75, 3.05) is 13.1 Å². The van der Waals surface area contributed by atoms with Crippen molar-refractivity contribution in [3.63, 3.8) is 0 Å². The largest absolute Gasteiger partial charge is 0.480 e. The fraction of sp³-hybridized carbons (Fsp3) is 0.727. The van der Waals surface area contributed by atoms with Crippen LogP contribution in [0.2, 0.25) is 0 Å². The Balaban J connectivity index is 1.76. The van der Waals surface area contributed by atoms with Crippen molar-refractivity contribution < 1.29 is 19.5 Å². The van der Waals surface area contributed by atoms with Gasteiger partial charge in [0.25, 0.3) is 0 Å². The molecule has 18 heavy (non-hydrogen) atoms. The minimum absolute atomic E-state index is 0.0990. The molecule has 1 saturated heterocycles. The van der Waals surface area contributed by atoms with Crippen LogP contribution in [-0.4, -0.2) is 53.1 Å². The minimum atomic E-state index is -0.995. The second-order valence-electron chi connectivity index (χ2n) is 4.69. The maximum Gasteiger partial charge on any atom is 0.326 e. The van der Waals surface area contributed by atoms with E-state index < -0.39 is 18.0 Å². The number of likely N-dealkylation sites (tertiary alicyclic amines) is 1. The zero-order valence-electron chi connectivity index (χ0n) is 10.0. The number of rotatable bonds is 4. The highest BCUT2D eigenvalue weighted by Crippen LogP contribution is 2.18. The number of aliphatic carboxylic acids is 1. The van der Waals surface area contributed by atoms with Gasteiger partial charge < -0.3 is 20.6 Å². The van der Waals surface area contributed by atoms with Gasteiger partial charge >= 0.3 is 12.0 Å². The van der Waals surface area contributed by atoms with Gasteiger partial charge in [-0.15, -0.1) is 0 Å². The van der Waals surface area contributed by atoms with Crippen molar-refractivity contribution >= 4 is 17.9 Å². The van der Waals surface area contributed by atoms with E-state index >= 15 is 0 Å². The van der Waals surface area contributed by atoms with E-state index in [9.17, 15) is 14.4 Å². The number of nitrogens with zero attached hydrogens (tertiary/aromatic N) is 1. The lowest BCUT2D eigenvalue weighted by Crippen LogP contribution is -2.48. The Labute approximate surface area is 105 Å². The smallest absolute Gasteiger partial charge is 0.326 e. The summed E-state index contributed by atoms with van der Waals surface area (Å²) in [6.45, 7) is 0.325. The summed E-state index contributed by atoms with van der Waals surface area (Å²) in [5.74, 6) is -1.22. The van der Waals surface area contributed by atoms with Crippen LogP contribution in [0.25, 0.3) is 0 Å². The molecule has 2 fully saturated rings. The predicted molar refractivity (Wildman–Crippen MR) is 61.9 cm³/mol. The Morgan fingerprint density at radius 3 is 2.56 bits per heavy atom. The molecule has 0 radical (unpaired) electrons. The molecule has 0 aromatic rings. The molecule has 1 heterocycles. The Morgan fingerprint density at radius 2 is 1.94 bits per heavy atom. The summed E-state index contributed by atoms with van der Waals surface area (Å²) in [6.07, 6.45) is 3.13. The summed E-state index contributed by atoms with van der Waals surface area (Å²) >= 11 is 0. The van der Waals surface area contributed by atoms with Crippen LogP contribution in [0.3, 0.4) is 0 Å². The van der Waals surface area contributed by atoms with E-state index in [1.807, 2.05) is 0 Å². The summed E-state index contributed by atoms with van der Waals surface area (Å²) in [5.41, 5.74) is 0. The molecule has 100 valence electrons. The molecule has 7 nitrogen and oxygen atoms in total. The zero-order valence-corrected chi connectivity index (χ0v) is 10.0. The minimum Gasteiger partial charge on any atom is -0.480 e. The molecule has 0 bridgehead atoms. The van der Waals surface area contributed by atoms with Crippen LogP contribution < -0.4 is 10.6 Å². The number of carboxylic acid groups (broad SMARTS) is 1. The van der Waals surface area contributed by atoms with Gasteiger partial charge in [0, 0.05) is 12.6 Å². The number of carbonyl (C=O) groups is 3. The van der Waals surface area contributed by atoms with E-state index in [-0.39, 0.29) is 18.5 Å². The van der Waals surface area contributed by atoms with Crippen LogP contribution in [0.5, 0.6) is 0 Å². The van der Waals surface area contributed by atoms with E-state index in [0.29, 0.717) is 19.4 Å². The van der Waals surface area contributed by atoms with Crippen LogP contribution in [0.4, 0.5) is 4.79 Å². The van der Waals surface area contributed by atoms with Crippen molar-refractivity contribution in [2.45, 2.75) is 37.8 Å². The van der Waals surface area contributed by atoms with Gasteiger partial charge in [-0.25, -0.2) is 9.59 Å². The van der Waals surface area contributed by atoms with Crippen LogP contribution in [0.1, 0.15) is 25.7 Å². The second kappa shape index (κ2) is 5.24. The summed E-state index contributed by atoms with van der Waals surface area (Å²) in [5, 5.41) is 14.1. The first kappa shape index (κ1) is 12.7. The molecule has 3 N–H and O–H groups in total. The highest BCUT2D eigenvalue weighted by atomic mass is 16.4. The van der Waals surface area contributed by atoms with E-state index in [1.165, 1.54) is 4.90 Å². The number of urea groups is 1. The summed E-state index contributed by atoms with van der Waals surface area (Å²) in [4.78, 5) is 35.3. The monoisotopic (exact) mass is 255 g/mol. The fourth-order valence-corrected chi connectivity index (χ4v) is 2.03. The molecule has 0 aromatic carbocycles. The van der Waals surface area contributed by atoms with Gasteiger partial charge in [0.2, 0.25) is 5.91 Å². The van der Waals surface area contributed by atoms with Crippen molar-refractivity contribution in [3.05, 3.63) is 0 Å². The third-order valence-corrected chi connectivity index (χ3v) is 3.14. The predicted octanol–water partition coefficient (Wildman–Crippen LogP) is -0.476. The van der Waals surface area contributed by atoms with E-state index in [1.54, 1.807) is 0 Å². The summed E-state index contributed by atoms with van der Waals surface area (Å²) in [6, 6.07) is -0.990. The quantitative estimate of drug-likeness (QED) is 0.632. The molecule has 2 rings (SSSR count). The van der Waals surface area contributed by atoms with E-state index in [2.05, 4.69) is 10.6 Å². The first-order chi connectivity index (χ1) is 8.58.